The first-order valence-corrected chi connectivity index (χ1v) is 18.8. The van der Waals surface area contributed by atoms with Gasteiger partial charge in [0.05, 0.1) is 0 Å². The van der Waals surface area contributed by atoms with Crippen LogP contribution in [0.4, 0.5) is 0 Å². The molecule has 0 amide bonds. The second-order valence-corrected chi connectivity index (χ2v) is 14.7. The van der Waals surface area contributed by atoms with Crippen molar-refractivity contribution in [3.63, 3.8) is 0 Å². The van der Waals surface area contributed by atoms with Gasteiger partial charge >= 0.3 is 0 Å². The van der Waals surface area contributed by atoms with Crippen LogP contribution in [0.25, 0.3) is 109 Å². The van der Waals surface area contributed by atoms with Crippen LogP contribution in [-0.2, 0) is 0 Å². The number of aromatic nitrogens is 3. The van der Waals surface area contributed by atoms with E-state index >= 15 is 0 Å². The molecule has 0 spiro atoms. The third-order valence-electron chi connectivity index (χ3n) is 10.3. The Morgan fingerprint density at radius 1 is 0.370 bits per heavy atom. The highest BCUT2D eigenvalue weighted by molar-refractivity contribution is 7.25. The quantitative estimate of drug-likeness (QED) is 0.179. The Kier molecular flexibility index (Phi) is 7.00. The molecule has 11 aromatic rings. The van der Waals surface area contributed by atoms with Crippen molar-refractivity contribution in [2.75, 3.05) is 0 Å². The molecule has 3 heterocycles. The third kappa shape index (κ3) is 5.09. The largest absolute Gasteiger partial charge is 0.455 e. The van der Waals surface area contributed by atoms with Crippen molar-refractivity contribution in [3.8, 4) is 56.4 Å². The van der Waals surface area contributed by atoms with Crippen LogP contribution in [0.1, 0.15) is 0 Å². The average molecular weight is 708 g/mol. The average Bonchev–Trinajstić information content (AvgIpc) is 3.81. The van der Waals surface area contributed by atoms with Crippen LogP contribution in [0.5, 0.6) is 0 Å². The summed E-state index contributed by atoms with van der Waals surface area (Å²) in [7, 11) is 0. The highest BCUT2D eigenvalue weighted by Crippen LogP contribution is 2.43. The van der Waals surface area contributed by atoms with Crippen molar-refractivity contribution >= 4 is 64.2 Å². The lowest BCUT2D eigenvalue weighted by Crippen LogP contribution is -2.00. The van der Waals surface area contributed by atoms with Crippen LogP contribution >= 0.6 is 11.3 Å². The topological polar surface area (TPSA) is 51.8 Å². The van der Waals surface area contributed by atoms with Gasteiger partial charge in [-0.15, -0.1) is 11.3 Å². The number of hydrogen-bond donors (Lipinski definition) is 0. The lowest BCUT2D eigenvalue weighted by molar-refractivity contribution is 0.670. The van der Waals surface area contributed by atoms with Gasteiger partial charge in [0.15, 0.2) is 17.5 Å². The Bertz CT molecular complexity index is 3140. The molecule has 0 fully saturated rings. The highest BCUT2D eigenvalue weighted by Gasteiger charge is 2.21. The molecule has 4 nitrogen and oxygen atoms in total. The molecule has 0 aliphatic rings. The van der Waals surface area contributed by atoms with Crippen molar-refractivity contribution in [3.05, 3.63) is 176 Å². The molecule has 11 rings (SSSR count). The van der Waals surface area contributed by atoms with Crippen molar-refractivity contribution in [1.29, 1.82) is 0 Å². The molecule has 0 N–H and O–H groups in total. The smallest absolute Gasteiger partial charge is 0.164 e. The summed E-state index contributed by atoms with van der Waals surface area (Å²) in [6.45, 7) is 0. The normalized spacial score (nSPS) is 11.7. The summed E-state index contributed by atoms with van der Waals surface area (Å²) in [5, 5.41) is 6.91. The minimum absolute atomic E-state index is 0.599. The van der Waals surface area contributed by atoms with Crippen LogP contribution in [0.15, 0.2) is 180 Å². The number of benzene rings is 8. The molecule has 54 heavy (non-hydrogen) atoms. The van der Waals surface area contributed by atoms with Gasteiger partial charge in [0.1, 0.15) is 11.2 Å². The molecule has 5 heteroatoms. The molecule has 0 unspecified atom stereocenters. The first-order chi connectivity index (χ1) is 26.7. The summed E-state index contributed by atoms with van der Waals surface area (Å²) in [6, 6.07) is 61.5. The van der Waals surface area contributed by atoms with E-state index in [9.17, 15) is 0 Å². The van der Waals surface area contributed by atoms with E-state index in [-0.39, 0.29) is 0 Å². The van der Waals surface area contributed by atoms with E-state index in [2.05, 4.69) is 115 Å². The predicted octanol–water partition coefficient (Wildman–Crippen LogP) is 13.6. The van der Waals surface area contributed by atoms with Crippen molar-refractivity contribution in [1.82, 2.24) is 15.0 Å². The van der Waals surface area contributed by atoms with Gasteiger partial charge in [0.25, 0.3) is 0 Å². The molecular formula is C49H29N3OS. The number of furan rings is 1. The summed E-state index contributed by atoms with van der Waals surface area (Å²) in [4.78, 5) is 15.2. The minimum atomic E-state index is 0.599. The maximum atomic E-state index is 6.86. The van der Waals surface area contributed by atoms with E-state index in [1.54, 1.807) is 0 Å². The highest BCUT2D eigenvalue weighted by atomic mass is 32.1. The number of thiophene rings is 1. The molecule has 3 aromatic heterocycles. The van der Waals surface area contributed by atoms with Gasteiger partial charge in [-0.25, -0.2) is 15.0 Å². The molecule has 8 aromatic carbocycles. The Morgan fingerprint density at radius 2 is 0.944 bits per heavy atom. The summed E-state index contributed by atoms with van der Waals surface area (Å²) < 4.78 is 9.48. The maximum absolute atomic E-state index is 6.86. The van der Waals surface area contributed by atoms with E-state index in [0.717, 1.165) is 60.5 Å². The zero-order valence-corrected chi connectivity index (χ0v) is 29.7. The molecular weight excluding hydrogens is 679 g/mol. The third-order valence-corrected chi connectivity index (χ3v) is 11.5. The molecule has 252 valence electrons. The molecule has 0 aliphatic carbocycles. The molecule has 0 radical (unpaired) electrons. The predicted molar refractivity (Wildman–Crippen MR) is 225 cm³/mol. The number of fused-ring (bicyclic) bond motifs is 7. The second-order valence-electron chi connectivity index (χ2n) is 13.6. The van der Waals surface area contributed by atoms with E-state index in [4.69, 9.17) is 19.4 Å². The van der Waals surface area contributed by atoms with Gasteiger partial charge in [0, 0.05) is 53.2 Å². The Balaban J connectivity index is 1.10. The van der Waals surface area contributed by atoms with Crippen LogP contribution in [0.3, 0.4) is 0 Å². The Hall–Kier alpha value is -6.95. The molecule has 0 atom stereocenters. The first-order valence-electron chi connectivity index (χ1n) is 18.0. The molecule has 0 aliphatic heterocycles. The van der Waals surface area contributed by atoms with E-state index in [1.165, 1.54) is 31.3 Å². The lowest BCUT2D eigenvalue weighted by Gasteiger charge is -2.11. The summed E-state index contributed by atoms with van der Waals surface area (Å²) in [5.74, 6) is 1.85. The number of rotatable bonds is 5. The number of nitrogens with zero attached hydrogens (tertiary/aromatic N) is 3. The summed E-state index contributed by atoms with van der Waals surface area (Å²) in [6.07, 6.45) is 0. The lowest BCUT2D eigenvalue weighted by atomic mass is 9.95. The first kappa shape index (κ1) is 30.7. The monoisotopic (exact) mass is 707 g/mol. The molecule has 0 saturated carbocycles. The Morgan fingerprint density at radius 3 is 1.69 bits per heavy atom. The number of hydrogen-bond acceptors (Lipinski definition) is 5. The van der Waals surface area contributed by atoms with Gasteiger partial charge in [-0.05, 0) is 63.9 Å². The Labute approximate surface area is 314 Å². The zero-order chi connectivity index (χ0) is 35.6. The van der Waals surface area contributed by atoms with Crippen molar-refractivity contribution < 1.29 is 4.42 Å². The van der Waals surface area contributed by atoms with Crippen LogP contribution < -0.4 is 0 Å². The van der Waals surface area contributed by atoms with Crippen LogP contribution in [-0.4, -0.2) is 15.0 Å². The van der Waals surface area contributed by atoms with Crippen LogP contribution in [0, 0.1) is 0 Å². The molecule has 0 saturated heterocycles. The van der Waals surface area contributed by atoms with Crippen molar-refractivity contribution in [2.45, 2.75) is 0 Å². The van der Waals surface area contributed by atoms with E-state index in [0.29, 0.717) is 17.5 Å². The SMILES string of the molecule is c1ccc(-c2nc(-c3ccccc3)nc(-c3ccc(-c4ccc(-c5ccc6c(c5)sc5ccccc56)cc4)c4oc5cc6ccccc6cc5c34)n2)cc1. The summed E-state index contributed by atoms with van der Waals surface area (Å²) >= 11 is 1.85. The maximum Gasteiger partial charge on any atom is 0.164 e. The van der Waals surface area contributed by atoms with E-state index in [1.807, 2.05) is 72.0 Å². The van der Waals surface area contributed by atoms with Gasteiger partial charge in [-0.3, -0.25) is 0 Å². The van der Waals surface area contributed by atoms with E-state index < -0.39 is 0 Å². The van der Waals surface area contributed by atoms with Gasteiger partial charge in [0.2, 0.25) is 0 Å². The standard InChI is InChI=1S/C49H29N3OS/c1-3-11-32(12-4-1)47-50-48(33-13-5-2-6-14-33)52-49(51-47)40-26-25-37(46-45(40)41-27-34-15-7-8-16-35(34)28-42(41)53-46)31-21-19-30(20-22-31)36-23-24-39-38-17-9-10-18-43(38)54-44(39)29-36/h1-29H. The summed E-state index contributed by atoms with van der Waals surface area (Å²) in [5.41, 5.74) is 8.86. The van der Waals surface area contributed by atoms with Gasteiger partial charge in [-0.2, -0.15) is 0 Å². The fourth-order valence-corrected chi connectivity index (χ4v) is 8.80. The fourth-order valence-electron chi connectivity index (χ4n) is 7.66. The zero-order valence-electron chi connectivity index (χ0n) is 28.9. The fraction of sp³-hybridized carbons (Fsp3) is 0. The van der Waals surface area contributed by atoms with Crippen molar-refractivity contribution in [2.24, 2.45) is 0 Å². The molecule has 0 bridgehead atoms. The second kappa shape index (κ2) is 12.3. The van der Waals surface area contributed by atoms with Crippen LogP contribution in [0.2, 0.25) is 0 Å². The minimum Gasteiger partial charge on any atom is -0.455 e. The van der Waals surface area contributed by atoms with Gasteiger partial charge < -0.3 is 4.42 Å². The van der Waals surface area contributed by atoms with Gasteiger partial charge in [-0.1, -0.05) is 140 Å².